The molecule has 0 aliphatic carbocycles. The van der Waals surface area contributed by atoms with Gasteiger partial charge in [-0.1, -0.05) is 13.0 Å². The highest BCUT2D eigenvalue weighted by Gasteiger charge is 2.24. The minimum atomic E-state index is 0.0500. The molecule has 19 heavy (non-hydrogen) atoms. The van der Waals surface area contributed by atoms with Crippen molar-refractivity contribution < 1.29 is 4.79 Å². The van der Waals surface area contributed by atoms with Gasteiger partial charge in [-0.25, -0.2) is 0 Å². The summed E-state index contributed by atoms with van der Waals surface area (Å²) in [5.41, 5.74) is 8.31. The van der Waals surface area contributed by atoms with Crippen LogP contribution in [0.25, 0.3) is 0 Å². The molecule has 0 saturated carbocycles. The lowest BCUT2D eigenvalue weighted by molar-refractivity contribution is -0.117. The lowest BCUT2D eigenvalue weighted by atomic mass is 10.1. The molecule has 0 spiro atoms. The molecule has 1 aliphatic rings. The number of rotatable bonds is 4. The number of nitrogens with zero attached hydrogens (tertiary/aromatic N) is 1. The largest absolute Gasteiger partial charge is 0.398 e. The van der Waals surface area contributed by atoms with Gasteiger partial charge in [0.1, 0.15) is 0 Å². The van der Waals surface area contributed by atoms with Gasteiger partial charge in [-0.2, -0.15) is 0 Å². The van der Waals surface area contributed by atoms with Crippen molar-refractivity contribution in [1.29, 1.82) is 0 Å². The van der Waals surface area contributed by atoms with Crippen LogP contribution in [0.4, 0.5) is 11.4 Å². The van der Waals surface area contributed by atoms with Gasteiger partial charge in [0, 0.05) is 17.4 Å². The second-order valence-corrected chi connectivity index (χ2v) is 5.24. The Hall–Kier alpha value is -1.55. The van der Waals surface area contributed by atoms with E-state index in [4.69, 9.17) is 5.73 Å². The molecule has 1 atom stereocenters. The Morgan fingerprint density at radius 3 is 3.05 bits per heavy atom. The van der Waals surface area contributed by atoms with E-state index in [0.717, 1.165) is 24.2 Å². The molecule has 1 saturated heterocycles. The van der Waals surface area contributed by atoms with Crippen molar-refractivity contribution in [1.82, 2.24) is 4.90 Å². The highest BCUT2D eigenvalue weighted by Crippen LogP contribution is 2.22. The topological polar surface area (TPSA) is 58.4 Å². The van der Waals surface area contributed by atoms with E-state index in [2.05, 4.69) is 17.1 Å². The smallest absolute Gasteiger partial charge is 0.238 e. The fraction of sp³-hybridized carbons (Fsp3) is 0.533. The number of nitrogen functional groups attached to an aromatic ring is 1. The molecule has 4 heteroatoms. The van der Waals surface area contributed by atoms with E-state index in [9.17, 15) is 4.79 Å². The number of nitrogens with two attached hydrogens (primary N) is 1. The standard InChI is InChI=1S/C15H23N3O/c1-3-12-6-5-9-18(12)10-15(19)17-14-8-4-7-13(16)11(14)2/h4,7-8,12H,3,5-6,9-10,16H2,1-2H3,(H,17,19). The predicted molar refractivity (Wildman–Crippen MR) is 79.1 cm³/mol. The number of anilines is 2. The second-order valence-electron chi connectivity index (χ2n) is 5.24. The average molecular weight is 261 g/mol. The van der Waals surface area contributed by atoms with Crippen LogP contribution >= 0.6 is 0 Å². The Morgan fingerprint density at radius 2 is 2.32 bits per heavy atom. The van der Waals surface area contributed by atoms with Crippen molar-refractivity contribution in [2.24, 2.45) is 0 Å². The Bertz CT molecular complexity index is 459. The molecule has 1 heterocycles. The van der Waals surface area contributed by atoms with Crippen LogP contribution in [0.1, 0.15) is 31.7 Å². The fourth-order valence-corrected chi connectivity index (χ4v) is 2.73. The molecule has 104 valence electrons. The first-order valence-electron chi connectivity index (χ1n) is 7.00. The van der Waals surface area contributed by atoms with Crippen molar-refractivity contribution >= 4 is 17.3 Å². The van der Waals surface area contributed by atoms with Crippen LogP contribution in [0, 0.1) is 6.92 Å². The van der Waals surface area contributed by atoms with Gasteiger partial charge in [0.2, 0.25) is 5.91 Å². The quantitative estimate of drug-likeness (QED) is 0.818. The fourth-order valence-electron chi connectivity index (χ4n) is 2.73. The molecule has 4 nitrogen and oxygen atoms in total. The summed E-state index contributed by atoms with van der Waals surface area (Å²) >= 11 is 0. The molecule has 0 bridgehead atoms. The lowest BCUT2D eigenvalue weighted by Crippen LogP contribution is -2.36. The average Bonchev–Trinajstić information content (AvgIpc) is 2.82. The Morgan fingerprint density at radius 1 is 1.53 bits per heavy atom. The number of carbonyl (C=O) groups excluding carboxylic acids is 1. The van der Waals surface area contributed by atoms with E-state index in [1.54, 1.807) is 0 Å². The van der Waals surface area contributed by atoms with Crippen LogP contribution in [0.2, 0.25) is 0 Å². The monoisotopic (exact) mass is 261 g/mol. The zero-order chi connectivity index (χ0) is 13.8. The molecule has 1 amide bonds. The van der Waals surface area contributed by atoms with Crippen molar-refractivity contribution in [3.8, 4) is 0 Å². The SMILES string of the molecule is CCC1CCCN1CC(=O)Nc1cccc(N)c1C. The van der Waals surface area contributed by atoms with Crippen molar-refractivity contribution in [2.75, 3.05) is 24.1 Å². The highest BCUT2D eigenvalue weighted by atomic mass is 16.2. The van der Waals surface area contributed by atoms with Crippen LogP contribution < -0.4 is 11.1 Å². The van der Waals surface area contributed by atoms with Crippen LogP contribution in [0.3, 0.4) is 0 Å². The summed E-state index contributed by atoms with van der Waals surface area (Å²) in [4.78, 5) is 14.4. The van der Waals surface area contributed by atoms with E-state index in [1.165, 1.54) is 12.8 Å². The molecule has 0 radical (unpaired) electrons. The molecule has 1 aromatic carbocycles. The van der Waals surface area contributed by atoms with Gasteiger partial charge in [-0.05, 0) is 50.4 Å². The molecule has 3 N–H and O–H groups in total. The van der Waals surface area contributed by atoms with Crippen LogP contribution in [-0.2, 0) is 4.79 Å². The number of benzene rings is 1. The summed E-state index contributed by atoms with van der Waals surface area (Å²) in [6, 6.07) is 6.17. The Kier molecular flexibility index (Phi) is 4.43. The van der Waals surface area contributed by atoms with E-state index < -0.39 is 0 Å². The van der Waals surface area contributed by atoms with Gasteiger partial charge < -0.3 is 11.1 Å². The first kappa shape index (κ1) is 13.9. The zero-order valence-corrected chi connectivity index (χ0v) is 11.8. The molecule has 0 aromatic heterocycles. The molecule has 2 rings (SSSR count). The Labute approximate surface area is 115 Å². The maximum atomic E-state index is 12.1. The van der Waals surface area contributed by atoms with Crippen molar-refractivity contribution in [3.63, 3.8) is 0 Å². The number of amides is 1. The summed E-state index contributed by atoms with van der Waals surface area (Å²) in [6.07, 6.45) is 3.52. The van der Waals surface area contributed by atoms with Crippen LogP contribution in [-0.4, -0.2) is 29.9 Å². The van der Waals surface area contributed by atoms with Crippen molar-refractivity contribution in [3.05, 3.63) is 23.8 Å². The van der Waals surface area contributed by atoms with Gasteiger partial charge in [-0.3, -0.25) is 9.69 Å². The van der Waals surface area contributed by atoms with Gasteiger partial charge in [0.25, 0.3) is 0 Å². The molecule has 1 fully saturated rings. The normalized spacial score (nSPS) is 19.6. The lowest BCUT2D eigenvalue weighted by Gasteiger charge is -2.22. The minimum Gasteiger partial charge on any atom is -0.398 e. The predicted octanol–water partition coefficient (Wildman–Crippen LogP) is 2.39. The molecule has 1 unspecified atom stereocenters. The first-order chi connectivity index (χ1) is 9.11. The summed E-state index contributed by atoms with van der Waals surface area (Å²) < 4.78 is 0. The van der Waals surface area contributed by atoms with E-state index in [-0.39, 0.29) is 5.91 Å². The molecule has 1 aromatic rings. The van der Waals surface area contributed by atoms with Crippen molar-refractivity contribution in [2.45, 2.75) is 39.2 Å². The second kappa shape index (κ2) is 6.06. The van der Waals surface area contributed by atoms with Gasteiger partial charge in [0.15, 0.2) is 0 Å². The van der Waals surface area contributed by atoms with Gasteiger partial charge >= 0.3 is 0 Å². The number of nitrogens with one attached hydrogen (secondary N) is 1. The zero-order valence-electron chi connectivity index (χ0n) is 11.8. The highest BCUT2D eigenvalue weighted by molar-refractivity contribution is 5.93. The number of hydrogen-bond acceptors (Lipinski definition) is 3. The van der Waals surface area contributed by atoms with E-state index >= 15 is 0 Å². The van der Waals surface area contributed by atoms with Crippen LogP contribution in [0.5, 0.6) is 0 Å². The maximum Gasteiger partial charge on any atom is 0.238 e. The van der Waals surface area contributed by atoms with Gasteiger partial charge in [0.05, 0.1) is 6.54 Å². The number of hydrogen-bond donors (Lipinski definition) is 2. The summed E-state index contributed by atoms with van der Waals surface area (Å²) in [6.45, 7) is 5.62. The van der Waals surface area contributed by atoms with Gasteiger partial charge in [-0.15, -0.1) is 0 Å². The number of carbonyl (C=O) groups is 1. The number of likely N-dealkylation sites (tertiary alicyclic amines) is 1. The third kappa shape index (κ3) is 3.26. The van der Waals surface area contributed by atoms with E-state index in [1.807, 2.05) is 25.1 Å². The van der Waals surface area contributed by atoms with Crippen LogP contribution in [0.15, 0.2) is 18.2 Å². The maximum absolute atomic E-state index is 12.1. The summed E-state index contributed by atoms with van der Waals surface area (Å²) in [5.74, 6) is 0.0500. The minimum absolute atomic E-state index is 0.0500. The molecule has 1 aliphatic heterocycles. The van der Waals surface area contributed by atoms with E-state index in [0.29, 0.717) is 18.3 Å². The summed E-state index contributed by atoms with van der Waals surface area (Å²) in [7, 11) is 0. The Balaban J connectivity index is 1.96. The molecular formula is C15H23N3O. The third-order valence-electron chi connectivity index (χ3n) is 3.97. The molecular weight excluding hydrogens is 238 g/mol. The summed E-state index contributed by atoms with van der Waals surface area (Å²) in [5, 5.41) is 2.96. The first-order valence-corrected chi connectivity index (χ1v) is 7.00. The third-order valence-corrected chi connectivity index (χ3v) is 3.97.